The number of non-ortho nitro benzene ring substituents is 1. The molecule has 214 valence electrons. The van der Waals surface area contributed by atoms with E-state index in [0.717, 1.165) is 0 Å². The predicted octanol–water partition coefficient (Wildman–Crippen LogP) is 1.70. The molecule has 13 nitrogen and oxygen atoms in total. The van der Waals surface area contributed by atoms with Crippen LogP contribution in [0.15, 0.2) is 34.9 Å². The van der Waals surface area contributed by atoms with E-state index in [1.807, 2.05) is 6.92 Å². The first kappa shape index (κ1) is 27.9. The van der Waals surface area contributed by atoms with Crippen molar-refractivity contribution < 1.29 is 39.1 Å². The van der Waals surface area contributed by atoms with Crippen molar-refractivity contribution in [3.05, 3.63) is 50.5 Å². The van der Waals surface area contributed by atoms with Gasteiger partial charge in [-0.1, -0.05) is 6.92 Å². The van der Waals surface area contributed by atoms with E-state index in [1.165, 1.54) is 47.9 Å². The molecule has 3 N–H and O–H groups in total. The van der Waals surface area contributed by atoms with Crippen molar-refractivity contribution in [2.45, 2.75) is 56.7 Å². The number of nitro groups is 1. The van der Waals surface area contributed by atoms with E-state index in [2.05, 4.69) is 5.32 Å². The fourth-order valence-electron chi connectivity index (χ4n) is 6.27. The molecule has 1 aromatic rings. The van der Waals surface area contributed by atoms with E-state index < -0.39 is 41.0 Å². The Morgan fingerprint density at radius 1 is 1.27 bits per heavy atom. The number of amides is 3. The maximum atomic E-state index is 13.2. The number of carboxylic acid groups (broad SMARTS) is 1. The summed E-state index contributed by atoms with van der Waals surface area (Å²) in [5, 5.41) is 33.5. The van der Waals surface area contributed by atoms with Gasteiger partial charge in [0.05, 0.1) is 23.0 Å². The van der Waals surface area contributed by atoms with Crippen LogP contribution in [0.25, 0.3) is 0 Å². The van der Waals surface area contributed by atoms with Crippen LogP contribution in [0.2, 0.25) is 0 Å². The van der Waals surface area contributed by atoms with E-state index in [1.54, 1.807) is 4.90 Å². The third kappa shape index (κ3) is 4.89. The number of nitrogens with one attached hydrogen (secondary N) is 1. The number of thioether (sulfide) groups is 1. The third-order valence-electron chi connectivity index (χ3n) is 8.21. The van der Waals surface area contributed by atoms with Crippen molar-refractivity contribution in [2.75, 3.05) is 13.1 Å². The number of β-lactam (4-membered cyclic amide) rings is 1. The quantitative estimate of drug-likeness (QED) is 0.235. The minimum atomic E-state index is -1.21. The average Bonchev–Trinajstić information content (AvgIpc) is 3.58. The second-order valence-corrected chi connectivity index (χ2v) is 12.1. The van der Waals surface area contributed by atoms with Gasteiger partial charge in [0.2, 0.25) is 11.8 Å². The minimum absolute atomic E-state index is 0.0714. The molecule has 0 aromatic heterocycles. The number of carbonyl (C=O) groups is 4. The summed E-state index contributed by atoms with van der Waals surface area (Å²) in [5.41, 5.74) is 0.435. The Hall–Kier alpha value is -3.65. The summed E-state index contributed by atoms with van der Waals surface area (Å²) < 4.78 is 5.54. The third-order valence-corrected chi connectivity index (χ3v) is 9.70. The van der Waals surface area contributed by atoms with E-state index >= 15 is 0 Å². The van der Waals surface area contributed by atoms with Crippen LogP contribution < -0.4 is 5.32 Å². The number of ether oxygens (including phenoxy) is 1. The Bertz CT molecular complexity index is 1280. The largest absolute Gasteiger partial charge is 0.477 e. The number of carbonyl (C=O) groups excluding carboxylic acids is 3. The minimum Gasteiger partial charge on any atom is -0.477 e. The predicted molar refractivity (Wildman–Crippen MR) is 141 cm³/mol. The summed E-state index contributed by atoms with van der Waals surface area (Å²) in [6.07, 6.45) is -0.738. The smallest absolute Gasteiger partial charge is 0.410 e. The molecule has 0 saturated carbocycles. The molecule has 7 atom stereocenters. The van der Waals surface area contributed by atoms with Crippen molar-refractivity contribution in [3.63, 3.8) is 0 Å². The molecule has 1 unspecified atom stereocenters. The van der Waals surface area contributed by atoms with Gasteiger partial charge in [0.25, 0.3) is 5.69 Å². The lowest BCUT2D eigenvalue weighted by Gasteiger charge is -2.46. The number of nitro benzene ring substituents is 1. The van der Waals surface area contributed by atoms with Gasteiger partial charge in [-0.05, 0) is 31.0 Å². The van der Waals surface area contributed by atoms with Gasteiger partial charge in [-0.15, -0.1) is 11.8 Å². The van der Waals surface area contributed by atoms with E-state index in [4.69, 9.17) is 4.74 Å². The Labute approximate surface area is 233 Å². The molecule has 4 heterocycles. The zero-order valence-electron chi connectivity index (χ0n) is 21.9. The van der Waals surface area contributed by atoms with Crippen LogP contribution in [0.4, 0.5) is 10.5 Å². The molecule has 1 aromatic carbocycles. The highest BCUT2D eigenvalue weighted by Crippen LogP contribution is 2.52. The SMILES string of the molecule is C[C@@H](O)[C@H]1C(=O)N2C(C(=O)O)=C(S[C@H]3C[C@H](C4CNC(=O)C4)N(C(=O)OCc4ccc([N+](=O)[O-])cc4)C3)[C@H](C)[C@H]12. The number of benzene rings is 1. The average molecular weight is 575 g/mol. The topological polar surface area (TPSA) is 180 Å². The Kier molecular flexibility index (Phi) is 7.48. The molecule has 5 rings (SSSR count). The number of rotatable bonds is 8. The Balaban J connectivity index is 1.32. The lowest BCUT2D eigenvalue weighted by Crippen LogP contribution is -2.63. The fourth-order valence-corrected chi connectivity index (χ4v) is 7.81. The molecule has 4 aliphatic heterocycles. The van der Waals surface area contributed by atoms with Crippen molar-refractivity contribution in [3.8, 4) is 0 Å². The molecule has 0 spiro atoms. The molecular formula is C26H30N4O9S. The van der Waals surface area contributed by atoms with Gasteiger partial charge >= 0.3 is 12.1 Å². The molecule has 4 aliphatic rings. The van der Waals surface area contributed by atoms with Crippen LogP contribution in [0.1, 0.15) is 32.3 Å². The molecule has 3 fully saturated rings. The number of aliphatic hydroxyl groups excluding tert-OH is 1. The first-order valence-electron chi connectivity index (χ1n) is 13.1. The summed E-state index contributed by atoms with van der Waals surface area (Å²) in [6, 6.07) is 4.93. The zero-order chi connectivity index (χ0) is 28.9. The van der Waals surface area contributed by atoms with Gasteiger partial charge in [0.15, 0.2) is 0 Å². The van der Waals surface area contributed by atoms with Gasteiger partial charge in [-0.3, -0.25) is 19.7 Å². The first-order chi connectivity index (χ1) is 19.0. The monoisotopic (exact) mass is 574 g/mol. The molecule has 14 heteroatoms. The van der Waals surface area contributed by atoms with Crippen LogP contribution in [0, 0.1) is 27.9 Å². The maximum Gasteiger partial charge on any atom is 0.410 e. The van der Waals surface area contributed by atoms with Crippen LogP contribution >= 0.6 is 11.8 Å². The second-order valence-electron chi connectivity index (χ2n) is 10.7. The van der Waals surface area contributed by atoms with Crippen molar-refractivity contribution in [2.24, 2.45) is 17.8 Å². The maximum absolute atomic E-state index is 13.2. The van der Waals surface area contributed by atoms with E-state index in [-0.39, 0.29) is 60.0 Å². The molecule has 0 radical (unpaired) electrons. The number of aliphatic carboxylic acids is 1. The van der Waals surface area contributed by atoms with Gasteiger partial charge in [-0.2, -0.15) is 0 Å². The summed E-state index contributed by atoms with van der Waals surface area (Å²) in [4.78, 5) is 63.8. The van der Waals surface area contributed by atoms with Crippen LogP contribution in [0.5, 0.6) is 0 Å². The number of likely N-dealkylation sites (tertiary alicyclic amines) is 1. The lowest BCUT2D eigenvalue weighted by atomic mass is 9.79. The number of carboxylic acids is 1. The Morgan fingerprint density at radius 3 is 2.55 bits per heavy atom. The highest BCUT2D eigenvalue weighted by Gasteiger charge is 2.60. The molecule has 3 amide bonds. The normalized spacial score (nSPS) is 30.2. The zero-order valence-corrected chi connectivity index (χ0v) is 22.7. The van der Waals surface area contributed by atoms with Crippen molar-refractivity contribution in [1.29, 1.82) is 0 Å². The lowest BCUT2D eigenvalue weighted by molar-refractivity contribution is -0.384. The summed E-state index contributed by atoms with van der Waals surface area (Å²) in [6.45, 7) is 3.94. The van der Waals surface area contributed by atoms with Crippen LogP contribution in [0.3, 0.4) is 0 Å². The van der Waals surface area contributed by atoms with Crippen LogP contribution in [-0.2, 0) is 25.7 Å². The number of fused-ring (bicyclic) bond motifs is 1. The van der Waals surface area contributed by atoms with Crippen LogP contribution in [-0.4, -0.2) is 85.3 Å². The highest BCUT2D eigenvalue weighted by molar-refractivity contribution is 8.03. The molecule has 0 bridgehead atoms. The summed E-state index contributed by atoms with van der Waals surface area (Å²) in [5.74, 6) is -2.83. The second kappa shape index (κ2) is 10.7. The summed E-state index contributed by atoms with van der Waals surface area (Å²) in [7, 11) is 0. The first-order valence-corrected chi connectivity index (χ1v) is 13.9. The van der Waals surface area contributed by atoms with Crippen molar-refractivity contribution >= 4 is 41.3 Å². The van der Waals surface area contributed by atoms with E-state index in [9.17, 15) is 39.5 Å². The molecular weight excluding hydrogens is 544 g/mol. The number of nitrogens with zero attached hydrogens (tertiary/aromatic N) is 3. The van der Waals surface area contributed by atoms with Gasteiger partial charge in [-0.25, -0.2) is 9.59 Å². The number of hydrogen-bond donors (Lipinski definition) is 3. The van der Waals surface area contributed by atoms with Gasteiger partial charge < -0.3 is 30.1 Å². The van der Waals surface area contributed by atoms with Crippen molar-refractivity contribution in [1.82, 2.24) is 15.1 Å². The summed E-state index contributed by atoms with van der Waals surface area (Å²) >= 11 is 1.33. The number of hydrogen-bond acceptors (Lipinski definition) is 9. The standard InChI is InChI=1S/C26H30N4O9S/c1-12-21-20(13(2)31)24(33)29(21)22(25(34)35)23(12)40-17-8-18(15-7-19(32)27-9-15)28(10-17)26(36)39-11-14-3-5-16(6-4-14)30(37)38/h3-6,12-13,15,17-18,20-21,31H,7-11H2,1-2H3,(H,27,32)(H,34,35)/t12-,13-,15?,17+,18-,20-,21-/m1/s1. The van der Waals surface area contributed by atoms with Gasteiger partial charge in [0.1, 0.15) is 12.3 Å². The number of aliphatic hydroxyl groups is 1. The van der Waals surface area contributed by atoms with Gasteiger partial charge in [0, 0.05) is 59.7 Å². The molecule has 3 saturated heterocycles. The van der Waals surface area contributed by atoms with E-state index in [0.29, 0.717) is 23.4 Å². The fraction of sp³-hybridized carbons (Fsp3) is 0.538. The molecule has 0 aliphatic carbocycles. The highest BCUT2D eigenvalue weighted by atomic mass is 32.2. The molecule has 40 heavy (non-hydrogen) atoms. The Morgan fingerprint density at radius 2 is 1.98 bits per heavy atom.